The molecule has 0 radical (unpaired) electrons. The molecule has 0 aliphatic carbocycles. The van der Waals surface area contributed by atoms with Crippen LogP contribution in [0.4, 0.5) is 0 Å². The molecule has 0 aromatic heterocycles. The van der Waals surface area contributed by atoms with E-state index < -0.39 is 0 Å². The Morgan fingerprint density at radius 1 is 1.45 bits per heavy atom. The summed E-state index contributed by atoms with van der Waals surface area (Å²) >= 11 is 5.85. The first-order valence-corrected chi connectivity index (χ1v) is 7.42. The van der Waals surface area contributed by atoms with Crippen LogP contribution >= 0.6 is 11.6 Å². The van der Waals surface area contributed by atoms with Gasteiger partial charge in [-0.05, 0) is 57.0 Å². The number of amides is 1. The molecule has 1 amide bonds. The lowest BCUT2D eigenvalue weighted by atomic mass is 9.93. The second kappa shape index (κ2) is 6.95. The van der Waals surface area contributed by atoms with Crippen molar-refractivity contribution >= 4 is 17.5 Å². The minimum atomic E-state index is -0.000957. The first-order valence-electron chi connectivity index (χ1n) is 7.04. The van der Waals surface area contributed by atoms with Gasteiger partial charge in [0.05, 0.1) is 5.02 Å². The van der Waals surface area contributed by atoms with Crippen LogP contribution in [-0.2, 0) is 0 Å². The third-order valence-corrected chi connectivity index (χ3v) is 4.20. The Morgan fingerprint density at radius 2 is 2.15 bits per heavy atom. The summed E-state index contributed by atoms with van der Waals surface area (Å²) in [7, 11) is 1.97. The van der Waals surface area contributed by atoms with Gasteiger partial charge in [-0.3, -0.25) is 4.79 Å². The number of rotatable bonds is 4. The van der Waals surface area contributed by atoms with E-state index in [0.29, 0.717) is 11.5 Å². The Bertz CT molecular complexity index is 471. The van der Waals surface area contributed by atoms with Crippen molar-refractivity contribution in [3.05, 3.63) is 28.8 Å². The molecule has 1 aliphatic rings. The Balaban J connectivity index is 1.92. The highest BCUT2D eigenvalue weighted by molar-refractivity contribution is 6.32. The highest BCUT2D eigenvalue weighted by Gasteiger charge is 2.23. The monoisotopic (exact) mass is 296 g/mol. The molecule has 1 aromatic carbocycles. The number of phenols is 1. The van der Waals surface area contributed by atoms with Crippen LogP contribution in [0.25, 0.3) is 0 Å². The lowest BCUT2D eigenvalue weighted by Gasteiger charge is -2.32. The van der Waals surface area contributed by atoms with Gasteiger partial charge in [-0.2, -0.15) is 0 Å². The molecule has 20 heavy (non-hydrogen) atoms. The molecule has 0 saturated carbocycles. The fourth-order valence-corrected chi connectivity index (χ4v) is 2.78. The molecule has 1 saturated heterocycles. The van der Waals surface area contributed by atoms with E-state index in [0.717, 1.165) is 32.5 Å². The van der Waals surface area contributed by atoms with Crippen molar-refractivity contribution in [3.8, 4) is 5.75 Å². The van der Waals surface area contributed by atoms with Crippen molar-refractivity contribution < 1.29 is 9.90 Å². The number of likely N-dealkylation sites (tertiary alicyclic amines) is 1. The zero-order valence-electron chi connectivity index (χ0n) is 11.7. The van der Waals surface area contributed by atoms with Gasteiger partial charge in [0.15, 0.2) is 0 Å². The van der Waals surface area contributed by atoms with Crippen molar-refractivity contribution in [2.45, 2.75) is 19.3 Å². The van der Waals surface area contributed by atoms with Crippen molar-refractivity contribution in [2.24, 2.45) is 5.92 Å². The van der Waals surface area contributed by atoms with Gasteiger partial charge in [0, 0.05) is 18.7 Å². The third-order valence-electron chi connectivity index (χ3n) is 3.90. The van der Waals surface area contributed by atoms with Crippen molar-refractivity contribution in [1.82, 2.24) is 10.2 Å². The number of hydrogen-bond acceptors (Lipinski definition) is 3. The summed E-state index contributed by atoms with van der Waals surface area (Å²) in [6.45, 7) is 2.63. The van der Waals surface area contributed by atoms with Gasteiger partial charge >= 0.3 is 0 Å². The van der Waals surface area contributed by atoms with Gasteiger partial charge in [-0.1, -0.05) is 11.6 Å². The normalized spacial score (nSPS) is 16.4. The standard InChI is InChI=1S/C15H21ClN2O2/c1-17-7-4-11-5-8-18(9-6-11)15(20)12-2-3-14(19)13(16)10-12/h2-3,10-11,17,19H,4-9H2,1H3. The van der Waals surface area contributed by atoms with Gasteiger partial charge in [0.2, 0.25) is 0 Å². The van der Waals surface area contributed by atoms with Crippen molar-refractivity contribution in [1.29, 1.82) is 0 Å². The highest BCUT2D eigenvalue weighted by Crippen LogP contribution is 2.26. The molecule has 0 bridgehead atoms. The van der Waals surface area contributed by atoms with E-state index >= 15 is 0 Å². The molecular formula is C15H21ClN2O2. The quantitative estimate of drug-likeness (QED) is 0.897. The van der Waals surface area contributed by atoms with Gasteiger partial charge in [0.1, 0.15) is 5.75 Å². The number of benzene rings is 1. The zero-order valence-corrected chi connectivity index (χ0v) is 12.5. The number of aromatic hydroxyl groups is 1. The van der Waals surface area contributed by atoms with E-state index in [-0.39, 0.29) is 16.7 Å². The number of nitrogens with zero attached hydrogens (tertiary/aromatic N) is 1. The van der Waals surface area contributed by atoms with E-state index in [1.807, 2.05) is 11.9 Å². The predicted octanol–water partition coefficient (Wildman–Crippen LogP) is 2.51. The van der Waals surface area contributed by atoms with E-state index in [4.69, 9.17) is 11.6 Å². The molecular weight excluding hydrogens is 276 g/mol. The number of hydrogen-bond donors (Lipinski definition) is 2. The van der Waals surface area contributed by atoms with E-state index in [1.165, 1.54) is 18.6 Å². The third kappa shape index (κ3) is 3.64. The highest BCUT2D eigenvalue weighted by atomic mass is 35.5. The summed E-state index contributed by atoms with van der Waals surface area (Å²) in [5.41, 5.74) is 0.543. The number of nitrogens with one attached hydrogen (secondary N) is 1. The van der Waals surface area contributed by atoms with Gasteiger partial charge in [-0.15, -0.1) is 0 Å². The first kappa shape index (κ1) is 15.1. The molecule has 2 rings (SSSR count). The number of carbonyl (C=O) groups is 1. The number of halogens is 1. The lowest BCUT2D eigenvalue weighted by Crippen LogP contribution is -2.38. The molecule has 0 atom stereocenters. The van der Waals surface area contributed by atoms with Crippen LogP contribution < -0.4 is 5.32 Å². The molecule has 1 aliphatic heterocycles. The van der Waals surface area contributed by atoms with E-state index in [2.05, 4.69) is 5.32 Å². The predicted molar refractivity (Wildman–Crippen MR) is 80.3 cm³/mol. The molecule has 2 N–H and O–H groups in total. The average Bonchev–Trinajstić information content (AvgIpc) is 2.48. The topological polar surface area (TPSA) is 52.6 Å². The van der Waals surface area contributed by atoms with E-state index in [9.17, 15) is 9.90 Å². The van der Waals surface area contributed by atoms with Crippen LogP contribution in [0.3, 0.4) is 0 Å². The maximum Gasteiger partial charge on any atom is 0.253 e. The summed E-state index contributed by atoms with van der Waals surface area (Å²) in [6.07, 6.45) is 3.28. The summed E-state index contributed by atoms with van der Waals surface area (Å²) in [5.74, 6) is 0.711. The Morgan fingerprint density at radius 3 is 2.75 bits per heavy atom. The Hall–Kier alpha value is -1.26. The van der Waals surface area contributed by atoms with Crippen LogP contribution in [0.5, 0.6) is 5.75 Å². The molecule has 5 heteroatoms. The summed E-state index contributed by atoms with van der Waals surface area (Å²) < 4.78 is 0. The van der Waals surface area contributed by atoms with E-state index in [1.54, 1.807) is 6.07 Å². The first-order chi connectivity index (χ1) is 9.61. The Labute approximate surface area is 124 Å². The number of carbonyl (C=O) groups excluding carboxylic acids is 1. The van der Waals surface area contributed by atoms with Crippen LogP contribution in [-0.4, -0.2) is 42.6 Å². The van der Waals surface area contributed by atoms with Crippen LogP contribution in [0, 0.1) is 5.92 Å². The van der Waals surface area contributed by atoms with Gasteiger partial charge < -0.3 is 15.3 Å². The molecule has 110 valence electrons. The van der Waals surface area contributed by atoms with Crippen LogP contribution in [0.2, 0.25) is 5.02 Å². The van der Waals surface area contributed by atoms with Crippen molar-refractivity contribution in [3.63, 3.8) is 0 Å². The van der Waals surface area contributed by atoms with Gasteiger partial charge in [0.25, 0.3) is 5.91 Å². The fourth-order valence-electron chi connectivity index (χ4n) is 2.60. The molecule has 1 heterocycles. The fraction of sp³-hybridized carbons (Fsp3) is 0.533. The average molecular weight is 297 g/mol. The second-order valence-electron chi connectivity index (χ2n) is 5.29. The molecule has 1 fully saturated rings. The van der Waals surface area contributed by atoms with Crippen LogP contribution in [0.1, 0.15) is 29.6 Å². The molecule has 1 aromatic rings. The molecule has 4 nitrogen and oxygen atoms in total. The van der Waals surface area contributed by atoms with Crippen LogP contribution in [0.15, 0.2) is 18.2 Å². The Kier molecular flexibility index (Phi) is 5.26. The lowest BCUT2D eigenvalue weighted by molar-refractivity contribution is 0.0687. The zero-order chi connectivity index (χ0) is 14.5. The number of phenolic OH excluding ortho intramolecular Hbond substituents is 1. The van der Waals surface area contributed by atoms with Crippen molar-refractivity contribution in [2.75, 3.05) is 26.7 Å². The summed E-state index contributed by atoms with van der Waals surface area (Å²) in [5, 5.41) is 12.8. The molecule has 0 spiro atoms. The summed E-state index contributed by atoms with van der Waals surface area (Å²) in [6, 6.07) is 4.62. The minimum Gasteiger partial charge on any atom is -0.506 e. The molecule has 0 unspecified atom stereocenters. The maximum atomic E-state index is 12.4. The van der Waals surface area contributed by atoms with Gasteiger partial charge in [-0.25, -0.2) is 0 Å². The smallest absolute Gasteiger partial charge is 0.253 e. The largest absolute Gasteiger partial charge is 0.506 e. The maximum absolute atomic E-state index is 12.4. The minimum absolute atomic E-state index is 0.000957. The second-order valence-corrected chi connectivity index (χ2v) is 5.70. The summed E-state index contributed by atoms with van der Waals surface area (Å²) in [4.78, 5) is 14.2. The number of piperidine rings is 1. The SMILES string of the molecule is CNCCC1CCN(C(=O)c2ccc(O)c(Cl)c2)CC1.